The number of benzene rings is 1. The molecule has 12 heavy (non-hydrogen) atoms. The minimum atomic E-state index is 0.255. The molecule has 1 aromatic carbocycles. The standard InChI is InChI=1S/C10H11NO/c1-2-7-11-8-9-5-3-4-6-10(9)12/h2-8,12H,1H3. The van der Waals surface area contributed by atoms with Crippen molar-refractivity contribution in [2.75, 3.05) is 0 Å². The zero-order valence-electron chi connectivity index (χ0n) is 6.94. The molecule has 0 atom stereocenters. The van der Waals surface area contributed by atoms with E-state index < -0.39 is 0 Å². The van der Waals surface area contributed by atoms with Crippen LogP contribution in [0.2, 0.25) is 0 Å². The van der Waals surface area contributed by atoms with Gasteiger partial charge in [0.1, 0.15) is 5.75 Å². The van der Waals surface area contributed by atoms with Crippen molar-refractivity contribution >= 4 is 6.21 Å². The van der Waals surface area contributed by atoms with E-state index in [4.69, 9.17) is 0 Å². The van der Waals surface area contributed by atoms with Crippen LogP contribution in [0.15, 0.2) is 41.5 Å². The first-order chi connectivity index (χ1) is 5.84. The Hall–Kier alpha value is -1.57. The molecule has 0 aliphatic rings. The Bertz CT molecular complexity index is 302. The molecule has 0 spiro atoms. The minimum absolute atomic E-state index is 0.255. The predicted octanol–water partition coefficient (Wildman–Crippen LogP) is 2.34. The van der Waals surface area contributed by atoms with Crippen molar-refractivity contribution in [1.82, 2.24) is 0 Å². The number of para-hydroxylation sites is 1. The maximum absolute atomic E-state index is 9.29. The second-order valence-electron chi connectivity index (χ2n) is 2.32. The van der Waals surface area contributed by atoms with E-state index in [-0.39, 0.29) is 5.75 Å². The molecular weight excluding hydrogens is 150 g/mol. The summed E-state index contributed by atoms with van der Waals surface area (Å²) in [5.41, 5.74) is 0.732. The fraction of sp³-hybridized carbons (Fsp3) is 0.100. The Morgan fingerprint density at radius 2 is 2.08 bits per heavy atom. The summed E-state index contributed by atoms with van der Waals surface area (Å²) in [6.07, 6.45) is 5.12. The summed E-state index contributed by atoms with van der Waals surface area (Å²) in [6.45, 7) is 1.89. The molecule has 0 saturated carbocycles. The lowest BCUT2D eigenvalue weighted by atomic mass is 10.2. The van der Waals surface area contributed by atoms with Crippen molar-refractivity contribution in [3.63, 3.8) is 0 Å². The van der Waals surface area contributed by atoms with Crippen LogP contribution in [0.3, 0.4) is 0 Å². The fourth-order valence-electron chi connectivity index (χ4n) is 0.806. The van der Waals surface area contributed by atoms with Crippen molar-refractivity contribution in [3.05, 3.63) is 42.1 Å². The van der Waals surface area contributed by atoms with Crippen LogP contribution in [0.1, 0.15) is 12.5 Å². The van der Waals surface area contributed by atoms with Crippen molar-refractivity contribution in [2.45, 2.75) is 6.92 Å². The van der Waals surface area contributed by atoms with Gasteiger partial charge < -0.3 is 5.11 Å². The predicted molar refractivity (Wildman–Crippen MR) is 50.5 cm³/mol. The van der Waals surface area contributed by atoms with E-state index in [1.165, 1.54) is 0 Å². The van der Waals surface area contributed by atoms with E-state index in [9.17, 15) is 5.11 Å². The van der Waals surface area contributed by atoms with Gasteiger partial charge >= 0.3 is 0 Å². The van der Waals surface area contributed by atoms with Gasteiger partial charge in [0.05, 0.1) is 0 Å². The smallest absolute Gasteiger partial charge is 0.124 e. The van der Waals surface area contributed by atoms with Gasteiger partial charge in [-0.1, -0.05) is 18.2 Å². The lowest BCUT2D eigenvalue weighted by Crippen LogP contribution is -1.79. The summed E-state index contributed by atoms with van der Waals surface area (Å²) in [4.78, 5) is 3.96. The first-order valence-corrected chi connectivity index (χ1v) is 3.77. The molecule has 0 amide bonds. The van der Waals surface area contributed by atoms with Crippen LogP contribution in [0.4, 0.5) is 0 Å². The molecule has 0 aliphatic heterocycles. The van der Waals surface area contributed by atoms with Crippen LogP contribution in [-0.2, 0) is 0 Å². The van der Waals surface area contributed by atoms with Gasteiger partial charge in [0.15, 0.2) is 0 Å². The van der Waals surface area contributed by atoms with Crippen molar-refractivity contribution < 1.29 is 5.11 Å². The summed E-state index contributed by atoms with van der Waals surface area (Å²) in [6, 6.07) is 7.08. The maximum atomic E-state index is 9.29. The molecule has 0 radical (unpaired) electrons. The van der Waals surface area contributed by atoms with Crippen LogP contribution in [0, 0.1) is 0 Å². The number of nitrogens with zero attached hydrogens (tertiary/aromatic N) is 1. The monoisotopic (exact) mass is 161 g/mol. The average Bonchev–Trinajstić information content (AvgIpc) is 2.09. The van der Waals surface area contributed by atoms with Crippen molar-refractivity contribution in [1.29, 1.82) is 0 Å². The van der Waals surface area contributed by atoms with Crippen LogP contribution >= 0.6 is 0 Å². The van der Waals surface area contributed by atoms with Crippen LogP contribution in [0.25, 0.3) is 0 Å². The lowest BCUT2D eigenvalue weighted by Gasteiger charge is -1.94. The Morgan fingerprint density at radius 1 is 1.33 bits per heavy atom. The average molecular weight is 161 g/mol. The molecule has 0 heterocycles. The molecule has 0 unspecified atom stereocenters. The summed E-state index contributed by atoms with van der Waals surface area (Å²) < 4.78 is 0. The third-order valence-electron chi connectivity index (χ3n) is 1.39. The highest BCUT2D eigenvalue weighted by Crippen LogP contribution is 2.12. The van der Waals surface area contributed by atoms with Gasteiger partial charge in [-0.3, -0.25) is 4.99 Å². The molecule has 62 valence electrons. The molecule has 1 rings (SSSR count). The number of phenols is 1. The third-order valence-corrected chi connectivity index (χ3v) is 1.39. The number of phenolic OH excluding ortho intramolecular Hbond substituents is 1. The summed E-state index contributed by atoms with van der Waals surface area (Å²) in [5.74, 6) is 0.255. The van der Waals surface area contributed by atoms with Crippen molar-refractivity contribution in [2.24, 2.45) is 4.99 Å². The number of hydrogen-bond donors (Lipinski definition) is 1. The summed E-state index contributed by atoms with van der Waals surface area (Å²) in [5, 5.41) is 9.29. The van der Waals surface area contributed by atoms with E-state index in [0.29, 0.717) is 0 Å². The number of rotatable bonds is 2. The Kier molecular flexibility index (Phi) is 3.08. The van der Waals surface area contributed by atoms with Gasteiger partial charge in [0, 0.05) is 18.0 Å². The lowest BCUT2D eigenvalue weighted by molar-refractivity contribution is 0.474. The highest BCUT2D eigenvalue weighted by atomic mass is 16.3. The van der Waals surface area contributed by atoms with E-state index in [2.05, 4.69) is 4.99 Å². The van der Waals surface area contributed by atoms with E-state index in [0.717, 1.165) is 5.56 Å². The summed E-state index contributed by atoms with van der Waals surface area (Å²) in [7, 11) is 0. The third kappa shape index (κ3) is 2.23. The molecule has 1 N–H and O–H groups in total. The fourth-order valence-corrected chi connectivity index (χ4v) is 0.806. The van der Waals surface area contributed by atoms with Crippen molar-refractivity contribution in [3.8, 4) is 5.75 Å². The van der Waals surface area contributed by atoms with Gasteiger partial charge in [0.2, 0.25) is 0 Å². The molecule has 0 saturated heterocycles. The largest absolute Gasteiger partial charge is 0.507 e. The zero-order chi connectivity index (χ0) is 8.81. The van der Waals surface area contributed by atoms with E-state index >= 15 is 0 Å². The molecule has 0 bridgehead atoms. The number of allylic oxidation sites excluding steroid dienone is 1. The summed E-state index contributed by atoms with van der Waals surface area (Å²) >= 11 is 0. The highest BCUT2D eigenvalue weighted by Gasteiger charge is 1.92. The van der Waals surface area contributed by atoms with E-state index in [1.807, 2.05) is 25.1 Å². The number of aromatic hydroxyl groups is 1. The van der Waals surface area contributed by atoms with Gasteiger partial charge in [-0.15, -0.1) is 0 Å². The van der Waals surface area contributed by atoms with Gasteiger partial charge in [-0.25, -0.2) is 0 Å². The molecule has 2 heteroatoms. The van der Waals surface area contributed by atoms with E-state index in [1.54, 1.807) is 24.5 Å². The SMILES string of the molecule is CC=CN=Cc1ccccc1O. The quantitative estimate of drug-likeness (QED) is 0.663. The molecule has 0 fully saturated rings. The van der Waals surface area contributed by atoms with Gasteiger partial charge in [-0.2, -0.15) is 0 Å². The molecule has 2 nitrogen and oxygen atoms in total. The highest BCUT2D eigenvalue weighted by molar-refractivity contribution is 5.83. The Labute approximate surface area is 71.9 Å². The molecular formula is C10H11NO. The Balaban J connectivity index is 2.82. The topological polar surface area (TPSA) is 32.6 Å². The first kappa shape index (κ1) is 8.53. The van der Waals surface area contributed by atoms with Crippen LogP contribution in [0.5, 0.6) is 5.75 Å². The Morgan fingerprint density at radius 3 is 2.75 bits per heavy atom. The van der Waals surface area contributed by atoms with Crippen LogP contribution < -0.4 is 0 Å². The minimum Gasteiger partial charge on any atom is -0.507 e. The van der Waals surface area contributed by atoms with Gasteiger partial charge in [-0.05, 0) is 19.1 Å². The number of hydrogen-bond acceptors (Lipinski definition) is 2. The van der Waals surface area contributed by atoms with Crippen LogP contribution in [-0.4, -0.2) is 11.3 Å². The zero-order valence-corrected chi connectivity index (χ0v) is 6.94. The molecule has 0 aliphatic carbocycles. The van der Waals surface area contributed by atoms with Gasteiger partial charge in [0.25, 0.3) is 0 Å². The second kappa shape index (κ2) is 4.34. The molecule has 0 aromatic heterocycles. The first-order valence-electron chi connectivity index (χ1n) is 3.77. The molecule has 1 aromatic rings. The second-order valence-corrected chi connectivity index (χ2v) is 2.32. The normalized spacial score (nSPS) is 11.4. The number of aliphatic imine (C=N–C) groups is 1. The maximum Gasteiger partial charge on any atom is 0.124 e.